The fourth-order valence-electron chi connectivity index (χ4n) is 1.66. The molecule has 0 bridgehead atoms. The molecule has 0 aromatic carbocycles. The lowest BCUT2D eigenvalue weighted by atomic mass is 10.0. The molecule has 5 heteroatoms. The van der Waals surface area contributed by atoms with Crippen molar-refractivity contribution in [2.24, 2.45) is 0 Å². The highest BCUT2D eigenvalue weighted by Gasteiger charge is 2.29. The summed E-state index contributed by atoms with van der Waals surface area (Å²) in [5.74, 6) is 0. The van der Waals surface area contributed by atoms with Crippen LogP contribution in [0.5, 0.6) is 0 Å². The summed E-state index contributed by atoms with van der Waals surface area (Å²) in [5, 5.41) is 2.81. The number of ether oxygens (including phenoxy) is 1. The number of amides is 1. The highest BCUT2D eigenvalue weighted by atomic mass is 19.1. The topological polar surface area (TPSA) is 41.6 Å². The Kier molecular flexibility index (Phi) is 4.37. The van der Waals surface area contributed by atoms with Crippen molar-refractivity contribution in [3.05, 3.63) is 11.8 Å². The van der Waals surface area contributed by atoms with Gasteiger partial charge < -0.3 is 15.0 Å². The number of carbonyl (C=O) groups is 1. The van der Waals surface area contributed by atoms with Crippen LogP contribution >= 0.6 is 0 Å². The van der Waals surface area contributed by atoms with E-state index in [1.54, 1.807) is 34.0 Å². The average Bonchev–Trinajstić information content (AvgIpc) is 2.18. The van der Waals surface area contributed by atoms with E-state index in [2.05, 4.69) is 5.32 Å². The number of nitrogens with one attached hydrogen (secondary N) is 1. The molecule has 1 rings (SSSR count). The molecule has 1 amide bonds. The molecule has 17 heavy (non-hydrogen) atoms. The molecule has 0 aliphatic carbocycles. The van der Waals surface area contributed by atoms with Crippen LogP contribution in [0.1, 0.15) is 27.2 Å². The molecule has 0 aromatic heterocycles. The van der Waals surface area contributed by atoms with E-state index in [4.69, 9.17) is 4.74 Å². The predicted octanol–water partition coefficient (Wildman–Crippen LogP) is 2.07. The molecule has 0 aromatic rings. The summed E-state index contributed by atoms with van der Waals surface area (Å²) in [7, 11) is 1.74. The zero-order valence-corrected chi connectivity index (χ0v) is 10.9. The van der Waals surface area contributed by atoms with Gasteiger partial charge in [0.05, 0.1) is 6.54 Å². The Bertz CT molecular complexity index is 310. The number of halogens is 1. The van der Waals surface area contributed by atoms with Gasteiger partial charge in [-0.1, -0.05) is 0 Å². The van der Waals surface area contributed by atoms with E-state index < -0.39 is 17.9 Å². The second-order valence-electron chi connectivity index (χ2n) is 5.15. The lowest BCUT2D eigenvalue weighted by Gasteiger charge is -2.32. The number of nitrogens with zero attached hydrogens (tertiary/aromatic N) is 1. The van der Waals surface area contributed by atoms with Gasteiger partial charge in [0.15, 0.2) is 0 Å². The molecule has 0 saturated carbocycles. The van der Waals surface area contributed by atoms with Crippen LogP contribution in [0, 0.1) is 0 Å². The number of carbonyl (C=O) groups excluding carboxylic acids is 1. The highest BCUT2D eigenvalue weighted by molar-refractivity contribution is 5.68. The lowest BCUT2D eigenvalue weighted by molar-refractivity contribution is 0.0185. The molecule has 1 unspecified atom stereocenters. The van der Waals surface area contributed by atoms with Crippen molar-refractivity contribution in [1.29, 1.82) is 0 Å². The number of piperidine rings is 1. The molecule has 1 heterocycles. The van der Waals surface area contributed by atoms with Crippen LogP contribution in [-0.4, -0.2) is 42.9 Å². The van der Waals surface area contributed by atoms with Gasteiger partial charge in [0.25, 0.3) is 0 Å². The van der Waals surface area contributed by atoms with E-state index in [0.717, 1.165) is 0 Å². The van der Waals surface area contributed by atoms with Gasteiger partial charge >= 0.3 is 6.09 Å². The Hall–Kier alpha value is -1.26. The van der Waals surface area contributed by atoms with Crippen molar-refractivity contribution < 1.29 is 13.9 Å². The van der Waals surface area contributed by atoms with Crippen molar-refractivity contribution in [3.63, 3.8) is 0 Å². The van der Waals surface area contributed by atoms with E-state index in [1.807, 2.05) is 0 Å². The summed E-state index contributed by atoms with van der Waals surface area (Å²) in [6, 6.07) is 0. The number of likely N-dealkylation sites (tertiary alicyclic amines) is 1. The van der Waals surface area contributed by atoms with E-state index >= 15 is 0 Å². The molecule has 4 nitrogen and oxygen atoms in total. The third-order valence-corrected chi connectivity index (χ3v) is 2.43. The lowest BCUT2D eigenvalue weighted by Crippen LogP contribution is -2.44. The molecule has 1 saturated heterocycles. The Labute approximate surface area is 102 Å². The van der Waals surface area contributed by atoms with Gasteiger partial charge in [-0.3, -0.25) is 0 Å². The Balaban J connectivity index is 2.55. The largest absolute Gasteiger partial charge is 0.444 e. The molecule has 1 fully saturated rings. The van der Waals surface area contributed by atoms with Gasteiger partial charge in [0.1, 0.15) is 11.8 Å². The number of alkyl halides is 1. The monoisotopic (exact) mass is 244 g/mol. The quantitative estimate of drug-likeness (QED) is 0.767. The van der Waals surface area contributed by atoms with Gasteiger partial charge in [-0.05, 0) is 39.0 Å². The molecule has 1 aliphatic rings. The van der Waals surface area contributed by atoms with Gasteiger partial charge in [0.2, 0.25) is 0 Å². The molecule has 98 valence electrons. The number of hydrogen-bond donors (Lipinski definition) is 1. The molecule has 1 aliphatic heterocycles. The van der Waals surface area contributed by atoms with Crippen LogP contribution in [0.25, 0.3) is 0 Å². The highest BCUT2D eigenvalue weighted by Crippen LogP contribution is 2.21. The standard InChI is InChI=1S/C12H21FN2O2/c1-12(2,3)17-11(16)15-6-5-9(7-14-4)10(13)8-15/h7,10,14H,5-6,8H2,1-4H3/b9-7+. The van der Waals surface area contributed by atoms with E-state index in [-0.39, 0.29) is 6.54 Å². The summed E-state index contributed by atoms with van der Waals surface area (Å²) >= 11 is 0. The predicted molar refractivity (Wildman–Crippen MR) is 64.5 cm³/mol. The molecular formula is C12H21FN2O2. The van der Waals surface area contributed by atoms with Gasteiger partial charge in [0, 0.05) is 13.6 Å². The SMILES string of the molecule is CN/C=C1\CCN(C(=O)OC(C)(C)C)CC1F. The number of rotatable bonds is 1. The third-order valence-electron chi connectivity index (χ3n) is 2.43. The summed E-state index contributed by atoms with van der Waals surface area (Å²) in [5.41, 5.74) is 0.163. The number of hydrogen-bond acceptors (Lipinski definition) is 3. The van der Waals surface area contributed by atoms with Gasteiger partial charge in [-0.15, -0.1) is 0 Å². The maximum Gasteiger partial charge on any atom is 0.410 e. The van der Waals surface area contributed by atoms with Crippen LogP contribution in [0.2, 0.25) is 0 Å². The Morgan fingerprint density at radius 2 is 2.24 bits per heavy atom. The van der Waals surface area contributed by atoms with Crippen LogP contribution in [0.15, 0.2) is 11.8 Å². The first-order chi connectivity index (χ1) is 7.83. The summed E-state index contributed by atoms with van der Waals surface area (Å²) in [6.45, 7) is 5.97. The Morgan fingerprint density at radius 3 is 2.71 bits per heavy atom. The summed E-state index contributed by atoms with van der Waals surface area (Å²) in [6.07, 6.45) is 0.658. The van der Waals surface area contributed by atoms with Crippen LogP contribution in [0.4, 0.5) is 9.18 Å². The summed E-state index contributed by atoms with van der Waals surface area (Å²) in [4.78, 5) is 13.1. The van der Waals surface area contributed by atoms with Crippen molar-refractivity contribution in [3.8, 4) is 0 Å². The van der Waals surface area contributed by atoms with E-state index in [9.17, 15) is 9.18 Å². The van der Waals surface area contributed by atoms with Crippen LogP contribution in [0.3, 0.4) is 0 Å². The maximum atomic E-state index is 13.7. The third kappa shape index (κ3) is 4.24. The van der Waals surface area contributed by atoms with Crippen LogP contribution in [-0.2, 0) is 4.74 Å². The molecular weight excluding hydrogens is 223 g/mol. The normalized spacial score (nSPS) is 23.7. The smallest absolute Gasteiger partial charge is 0.410 e. The first-order valence-corrected chi connectivity index (χ1v) is 5.81. The van der Waals surface area contributed by atoms with Crippen molar-refractivity contribution >= 4 is 6.09 Å². The van der Waals surface area contributed by atoms with E-state index in [1.165, 1.54) is 4.90 Å². The summed E-state index contributed by atoms with van der Waals surface area (Å²) < 4.78 is 18.9. The fraction of sp³-hybridized carbons (Fsp3) is 0.750. The van der Waals surface area contributed by atoms with Crippen LogP contribution < -0.4 is 5.32 Å². The zero-order chi connectivity index (χ0) is 13.1. The fourth-order valence-corrected chi connectivity index (χ4v) is 1.66. The van der Waals surface area contributed by atoms with Gasteiger partial charge in [-0.25, -0.2) is 9.18 Å². The minimum atomic E-state index is -1.11. The van der Waals surface area contributed by atoms with Crippen molar-refractivity contribution in [2.75, 3.05) is 20.1 Å². The maximum absolute atomic E-state index is 13.7. The first-order valence-electron chi connectivity index (χ1n) is 5.81. The Morgan fingerprint density at radius 1 is 1.59 bits per heavy atom. The van der Waals surface area contributed by atoms with Crippen molar-refractivity contribution in [1.82, 2.24) is 10.2 Å². The molecule has 1 N–H and O–H groups in total. The minimum absolute atomic E-state index is 0.0719. The van der Waals surface area contributed by atoms with Crippen molar-refractivity contribution in [2.45, 2.75) is 39.0 Å². The average molecular weight is 244 g/mol. The zero-order valence-electron chi connectivity index (χ0n) is 10.9. The second kappa shape index (κ2) is 5.38. The minimum Gasteiger partial charge on any atom is -0.444 e. The molecule has 0 spiro atoms. The molecule has 0 radical (unpaired) electrons. The van der Waals surface area contributed by atoms with Gasteiger partial charge in [-0.2, -0.15) is 0 Å². The first kappa shape index (κ1) is 13.8. The molecule has 1 atom stereocenters. The van der Waals surface area contributed by atoms with E-state index in [0.29, 0.717) is 18.5 Å². The second-order valence-corrected chi connectivity index (χ2v) is 5.15.